The summed E-state index contributed by atoms with van der Waals surface area (Å²) in [4.78, 5) is 0. The van der Waals surface area contributed by atoms with Gasteiger partial charge in [0.1, 0.15) is 0 Å². The van der Waals surface area contributed by atoms with Crippen molar-refractivity contribution in [2.24, 2.45) is 5.92 Å². The number of hydrogen-bond donors (Lipinski definition) is 2. The minimum Gasteiger partial charge on any atom is -0.389 e. The van der Waals surface area contributed by atoms with Crippen LogP contribution in [0.2, 0.25) is 0 Å². The molecule has 0 amide bonds. The summed E-state index contributed by atoms with van der Waals surface area (Å²) in [5.41, 5.74) is 0.812. The van der Waals surface area contributed by atoms with Gasteiger partial charge in [-0.3, -0.25) is 0 Å². The average molecular weight is 323 g/mol. The van der Waals surface area contributed by atoms with Crippen molar-refractivity contribution in [3.8, 4) is 0 Å². The number of ether oxygens (including phenoxy) is 1. The van der Waals surface area contributed by atoms with Crippen LogP contribution in [-0.4, -0.2) is 27.6 Å². The smallest absolute Gasteiger partial charge is 0.223 e. The Bertz CT molecular complexity index is 239. The molecule has 3 nitrogen and oxygen atoms in total. The molecular weight excluding hydrogens is 296 g/mol. The molecule has 18 heavy (non-hydrogen) atoms. The lowest BCUT2D eigenvalue weighted by molar-refractivity contribution is -0.136. The van der Waals surface area contributed by atoms with E-state index >= 15 is 0 Å². The van der Waals surface area contributed by atoms with E-state index in [4.69, 9.17) is 4.74 Å². The molecular formula is C14H27BrO3. The Morgan fingerprint density at radius 1 is 1.33 bits per heavy atom. The van der Waals surface area contributed by atoms with E-state index in [1.807, 2.05) is 20.8 Å². The van der Waals surface area contributed by atoms with Gasteiger partial charge in [-0.25, -0.2) is 0 Å². The lowest BCUT2D eigenvalue weighted by Crippen LogP contribution is -2.26. The molecule has 0 heterocycles. The second-order valence-corrected chi connectivity index (χ2v) is 6.59. The molecule has 0 bridgehead atoms. The van der Waals surface area contributed by atoms with E-state index in [2.05, 4.69) is 22.5 Å². The molecule has 0 aliphatic rings. The molecule has 0 aromatic carbocycles. The molecule has 2 N–H and O–H groups in total. The van der Waals surface area contributed by atoms with Gasteiger partial charge in [0.15, 0.2) is 0 Å². The van der Waals surface area contributed by atoms with Crippen LogP contribution in [0.5, 0.6) is 0 Å². The second kappa shape index (κ2) is 9.08. The van der Waals surface area contributed by atoms with Gasteiger partial charge in [-0.2, -0.15) is 0 Å². The molecule has 4 heteroatoms. The van der Waals surface area contributed by atoms with Gasteiger partial charge in [-0.05, 0) is 41.6 Å². The summed E-state index contributed by atoms with van der Waals surface area (Å²) in [6, 6.07) is 0. The summed E-state index contributed by atoms with van der Waals surface area (Å²) in [6.45, 7) is 10.2. The summed E-state index contributed by atoms with van der Waals surface area (Å²) in [6.07, 6.45) is 3.66. The van der Waals surface area contributed by atoms with Crippen LogP contribution in [-0.2, 0) is 4.74 Å². The Labute approximate surface area is 119 Å². The molecule has 0 saturated carbocycles. The fourth-order valence-corrected chi connectivity index (χ4v) is 1.88. The van der Waals surface area contributed by atoms with Crippen molar-refractivity contribution >= 4 is 15.9 Å². The lowest BCUT2D eigenvalue weighted by Gasteiger charge is -2.22. The van der Waals surface area contributed by atoms with Crippen LogP contribution in [0.25, 0.3) is 0 Å². The molecule has 0 aromatic rings. The highest BCUT2D eigenvalue weighted by molar-refractivity contribution is 9.09. The Kier molecular flexibility index (Phi) is 9.13. The normalized spacial score (nSPS) is 16.6. The van der Waals surface area contributed by atoms with Crippen molar-refractivity contribution < 1.29 is 14.9 Å². The topological polar surface area (TPSA) is 49.7 Å². The maximum absolute atomic E-state index is 9.89. The largest absolute Gasteiger partial charge is 0.389 e. The van der Waals surface area contributed by atoms with Gasteiger partial charge in [-0.1, -0.05) is 38.8 Å². The predicted octanol–water partition coefficient (Wildman–Crippen LogP) is 3.59. The van der Waals surface area contributed by atoms with Crippen LogP contribution >= 0.6 is 15.9 Å². The quantitative estimate of drug-likeness (QED) is 0.280. The van der Waals surface area contributed by atoms with E-state index in [0.717, 1.165) is 31.3 Å². The maximum atomic E-state index is 9.89. The third kappa shape index (κ3) is 10.1. The molecule has 0 spiro atoms. The van der Waals surface area contributed by atoms with Crippen LogP contribution in [0.4, 0.5) is 0 Å². The Morgan fingerprint density at radius 2 is 1.94 bits per heavy atom. The van der Waals surface area contributed by atoms with Crippen molar-refractivity contribution in [2.75, 3.05) is 6.61 Å². The van der Waals surface area contributed by atoms with Gasteiger partial charge in [0.25, 0.3) is 0 Å². The number of unbranched alkanes of at least 4 members (excludes halogenated alkanes) is 2. The zero-order valence-corrected chi connectivity index (χ0v) is 13.4. The van der Waals surface area contributed by atoms with Gasteiger partial charge in [0.2, 0.25) is 4.70 Å². The number of rotatable bonds is 10. The number of halogens is 1. The Morgan fingerprint density at radius 3 is 2.44 bits per heavy atom. The Balaban J connectivity index is 3.61. The monoisotopic (exact) mass is 322 g/mol. The van der Waals surface area contributed by atoms with E-state index in [0.29, 0.717) is 18.9 Å². The molecule has 0 aromatic heterocycles. The van der Waals surface area contributed by atoms with Gasteiger partial charge in [-0.15, -0.1) is 0 Å². The average Bonchev–Trinajstić information content (AvgIpc) is 2.25. The fourth-order valence-electron chi connectivity index (χ4n) is 1.47. The second-order valence-electron chi connectivity index (χ2n) is 5.36. The standard InChI is InChI=1S/C14H27BrO3/c1-11(2)10-18-14(15,17)9-7-5-6-8-13(16)12(3)4/h11,13,16-17H,3,5-10H2,1-2,4H3. The number of alkyl halides is 1. The summed E-state index contributed by atoms with van der Waals surface area (Å²) < 4.78 is 4.16. The third-order valence-electron chi connectivity index (χ3n) is 2.67. The first kappa shape index (κ1) is 18.1. The zero-order chi connectivity index (χ0) is 14.2. The highest BCUT2D eigenvalue weighted by atomic mass is 79.9. The Hall–Kier alpha value is 0.100. The molecule has 0 aliphatic heterocycles. The minimum absolute atomic E-state index is 0.398. The third-order valence-corrected chi connectivity index (χ3v) is 3.29. The molecule has 0 saturated heterocycles. The van der Waals surface area contributed by atoms with E-state index in [9.17, 15) is 10.2 Å². The van der Waals surface area contributed by atoms with Crippen molar-refractivity contribution in [3.63, 3.8) is 0 Å². The van der Waals surface area contributed by atoms with Crippen molar-refractivity contribution in [2.45, 2.75) is 63.7 Å². The zero-order valence-electron chi connectivity index (χ0n) is 11.8. The number of aliphatic hydroxyl groups is 2. The predicted molar refractivity (Wildman–Crippen MR) is 78.6 cm³/mol. The first-order chi connectivity index (χ1) is 8.24. The highest BCUT2D eigenvalue weighted by Crippen LogP contribution is 2.25. The van der Waals surface area contributed by atoms with E-state index in [1.54, 1.807) is 0 Å². The molecule has 0 radical (unpaired) electrons. The van der Waals surface area contributed by atoms with Crippen molar-refractivity contribution in [1.82, 2.24) is 0 Å². The highest BCUT2D eigenvalue weighted by Gasteiger charge is 2.23. The minimum atomic E-state index is -1.20. The van der Waals surface area contributed by atoms with E-state index < -0.39 is 10.8 Å². The molecule has 2 atom stereocenters. The van der Waals surface area contributed by atoms with E-state index in [1.165, 1.54) is 0 Å². The summed E-state index contributed by atoms with van der Waals surface area (Å²) in [5, 5.41) is 19.4. The van der Waals surface area contributed by atoms with Gasteiger partial charge < -0.3 is 14.9 Å². The van der Waals surface area contributed by atoms with Crippen LogP contribution in [0, 0.1) is 5.92 Å². The first-order valence-corrected chi connectivity index (χ1v) is 7.42. The van der Waals surface area contributed by atoms with Crippen LogP contribution in [0.3, 0.4) is 0 Å². The van der Waals surface area contributed by atoms with Crippen molar-refractivity contribution in [3.05, 3.63) is 12.2 Å². The molecule has 2 unspecified atom stereocenters. The van der Waals surface area contributed by atoms with Crippen molar-refractivity contribution in [1.29, 1.82) is 0 Å². The maximum Gasteiger partial charge on any atom is 0.223 e. The molecule has 0 fully saturated rings. The van der Waals surface area contributed by atoms with E-state index in [-0.39, 0.29) is 0 Å². The van der Waals surface area contributed by atoms with Crippen LogP contribution in [0.1, 0.15) is 52.9 Å². The fraction of sp³-hybridized carbons (Fsp3) is 0.857. The van der Waals surface area contributed by atoms with Gasteiger partial charge >= 0.3 is 0 Å². The van der Waals surface area contributed by atoms with Crippen LogP contribution < -0.4 is 0 Å². The SMILES string of the molecule is C=C(C)C(O)CCCCCC(O)(Br)OCC(C)C. The molecule has 108 valence electrons. The molecule has 0 rings (SSSR count). The summed E-state index contributed by atoms with van der Waals surface area (Å²) >= 11 is 3.18. The molecule has 0 aliphatic carbocycles. The van der Waals surface area contributed by atoms with Gasteiger partial charge in [0, 0.05) is 6.42 Å². The lowest BCUT2D eigenvalue weighted by atomic mass is 10.0. The van der Waals surface area contributed by atoms with Gasteiger partial charge in [0.05, 0.1) is 12.7 Å². The number of aliphatic hydroxyl groups excluding tert-OH is 1. The summed E-state index contributed by atoms with van der Waals surface area (Å²) in [5.74, 6) is 0.403. The first-order valence-electron chi connectivity index (χ1n) is 6.63. The summed E-state index contributed by atoms with van der Waals surface area (Å²) in [7, 11) is 0. The van der Waals surface area contributed by atoms with Crippen LogP contribution in [0.15, 0.2) is 12.2 Å². The number of hydrogen-bond acceptors (Lipinski definition) is 3.